The second-order valence-corrected chi connectivity index (χ2v) is 7.04. The molecule has 0 fully saturated rings. The first-order valence-corrected chi connectivity index (χ1v) is 9.32. The molecule has 0 saturated heterocycles. The zero-order chi connectivity index (χ0) is 21.3. The van der Waals surface area contributed by atoms with Crippen molar-refractivity contribution in [1.29, 1.82) is 0 Å². The van der Waals surface area contributed by atoms with Gasteiger partial charge in [0.25, 0.3) is 0 Å². The van der Waals surface area contributed by atoms with Gasteiger partial charge in [0.05, 0.1) is 5.56 Å². The van der Waals surface area contributed by atoms with Gasteiger partial charge in [-0.2, -0.15) is 13.2 Å². The van der Waals surface area contributed by atoms with Gasteiger partial charge in [-0.25, -0.2) is 4.39 Å². The van der Waals surface area contributed by atoms with Crippen molar-refractivity contribution >= 4 is 10.8 Å². The average Bonchev–Trinajstić information content (AvgIpc) is 2.73. The highest BCUT2D eigenvalue weighted by molar-refractivity contribution is 5.89. The van der Waals surface area contributed by atoms with E-state index >= 15 is 0 Å². The third-order valence-corrected chi connectivity index (χ3v) is 5.15. The Labute approximate surface area is 170 Å². The number of hydrogen-bond donors (Lipinski definition) is 1. The lowest BCUT2D eigenvalue weighted by atomic mass is 9.84. The molecular weight excluding hydrogens is 394 g/mol. The fourth-order valence-electron chi connectivity index (χ4n) is 3.65. The minimum atomic E-state index is -4.64. The van der Waals surface area contributed by atoms with Crippen LogP contribution < -0.4 is 0 Å². The highest BCUT2D eigenvalue weighted by Crippen LogP contribution is 2.40. The highest BCUT2D eigenvalue weighted by atomic mass is 19.4. The summed E-state index contributed by atoms with van der Waals surface area (Å²) in [5.74, 6) is -1.71. The molecule has 0 radical (unpaired) electrons. The summed E-state index contributed by atoms with van der Waals surface area (Å²) in [7, 11) is 0. The monoisotopic (exact) mass is 411 g/mol. The maximum absolute atomic E-state index is 14.9. The molecule has 1 heterocycles. The minimum Gasteiger partial charge on any atom is -0.507 e. The van der Waals surface area contributed by atoms with Crippen molar-refractivity contribution in [3.05, 3.63) is 107 Å². The summed E-state index contributed by atoms with van der Waals surface area (Å²) >= 11 is 0. The number of pyridine rings is 1. The Morgan fingerprint density at radius 2 is 1.60 bits per heavy atom. The molecule has 0 spiro atoms. The van der Waals surface area contributed by atoms with Crippen LogP contribution in [0, 0.1) is 5.82 Å². The quantitative estimate of drug-likeness (QED) is 0.390. The summed E-state index contributed by atoms with van der Waals surface area (Å²) in [4.78, 5) is 4.26. The highest BCUT2D eigenvalue weighted by Gasteiger charge is 2.32. The molecule has 152 valence electrons. The number of phenols is 1. The number of phenolic OH excluding ortho intramolecular Hbond substituents is 1. The Morgan fingerprint density at radius 3 is 2.30 bits per heavy atom. The first-order valence-electron chi connectivity index (χ1n) is 9.32. The van der Waals surface area contributed by atoms with E-state index in [9.17, 15) is 22.7 Å². The molecule has 1 unspecified atom stereocenters. The average molecular weight is 411 g/mol. The molecule has 3 aromatic carbocycles. The molecule has 4 aromatic rings. The molecule has 0 amide bonds. The Morgan fingerprint density at radius 1 is 0.867 bits per heavy atom. The molecule has 2 nitrogen and oxygen atoms in total. The summed E-state index contributed by atoms with van der Waals surface area (Å²) in [5, 5.41) is 12.3. The zero-order valence-electron chi connectivity index (χ0n) is 15.7. The number of hydrogen-bond acceptors (Lipinski definition) is 2. The van der Waals surface area contributed by atoms with Crippen LogP contribution in [0.3, 0.4) is 0 Å². The van der Waals surface area contributed by atoms with E-state index in [1.807, 2.05) is 12.1 Å². The van der Waals surface area contributed by atoms with Crippen molar-refractivity contribution in [3.63, 3.8) is 0 Å². The van der Waals surface area contributed by atoms with E-state index in [-0.39, 0.29) is 17.7 Å². The maximum atomic E-state index is 14.9. The van der Waals surface area contributed by atoms with E-state index in [4.69, 9.17) is 0 Å². The fourth-order valence-corrected chi connectivity index (χ4v) is 3.65. The second kappa shape index (κ2) is 7.78. The summed E-state index contributed by atoms with van der Waals surface area (Å²) in [6, 6.07) is 18.5. The number of halogens is 4. The van der Waals surface area contributed by atoms with Crippen molar-refractivity contribution in [2.45, 2.75) is 18.5 Å². The van der Waals surface area contributed by atoms with Gasteiger partial charge >= 0.3 is 6.18 Å². The first kappa shape index (κ1) is 19.9. The molecule has 1 aromatic heterocycles. The number of aromatic nitrogens is 1. The van der Waals surface area contributed by atoms with Gasteiger partial charge < -0.3 is 5.11 Å². The van der Waals surface area contributed by atoms with Gasteiger partial charge in [-0.15, -0.1) is 0 Å². The van der Waals surface area contributed by atoms with E-state index in [1.165, 1.54) is 0 Å². The molecule has 1 N–H and O–H groups in total. The largest absolute Gasteiger partial charge is 0.507 e. The van der Waals surface area contributed by atoms with Gasteiger partial charge in [0.1, 0.15) is 11.6 Å². The number of alkyl halides is 3. The maximum Gasteiger partial charge on any atom is 0.416 e. The van der Waals surface area contributed by atoms with Crippen molar-refractivity contribution < 1.29 is 22.7 Å². The third-order valence-electron chi connectivity index (χ3n) is 5.15. The standard InChI is InChI=1S/C24H17F4NO/c25-22-13-16(24(26,27)28)9-11-19(22)21(14-17-6-3-4-12-29-17)20-10-8-15-5-1-2-7-18(15)23(20)30/h1-13,21,30H,14H2. The lowest BCUT2D eigenvalue weighted by Gasteiger charge is -2.21. The number of nitrogens with zero attached hydrogens (tertiary/aromatic N) is 1. The number of rotatable bonds is 4. The third kappa shape index (κ3) is 3.85. The molecule has 0 aliphatic carbocycles. The predicted molar refractivity (Wildman–Crippen MR) is 107 cm³/mol. The predicted octanol–water partition coefficient (Wildman–Crippen LogP) is 6.47. The molecule has 30 heavy (non-hydrogen) atoms. The molecule has 4 rings (SSSR count). The SMILES string of the molecule is Oc1c(C(Cc2ccccn2)c2ccc(C(F)(F)F)cc2F)ccc2ccccc12. The van der Waals surface area contributed by atoms with Crippen molar-refractivity contribution in [1.82, 2.24) is 4.98 Å². The number of benzene rings is 3. The Balaban J connectivity index is 1.87. The van der Waals surface area contributed by atoms with E-state index < -0.39 is 23.5 Å². The van der Waals surface area contributed by atoms with E-state index in [2.05, 4.69) is 4.98 Å². The van der Waals surface area contributed by atoms with E-state index in [1.54, 1.807) is 48.7 Å². The zero-order valence-corrected chi connectivity index (χ0v) is 15.7. The smallest absolute Gasteiger partial charge is 0.416 e. The minimum absolute atomic E-state index is 0.0201. The molecule has 6 heteroatoms. The van der Waals surface area contributed by atoms with Gasteiger partial charge in [0, 0.05) is 35.2 Å². The Bertz CT molecular complexity index is 1190. The van der Waals surface area contributed by atoms with Crippen LogP contribution in [0.2, 0.25) is 0 Å². The van der Waals surface area contributed by atoms with Crippen LogP contribution in [-0.2, 0) is 12.6 Å². The van der Waals surface area contributed by atoms with Crippen LogP contribution in [0.25, 0.3) is 10.8 Å². The van der Waals surface area contributed by atoms with Crippen LogP contribution >= 0.6 is 0 Å². The Kier molecular flexibility index (Phi) is 5.16. The topological polar surface area (TPSA) is 33.1 Å². The summed E-state index contributed by atoms with van der Waals surface area (Å²) < 4.78 is 53.8. The van der Waals surface area contributed by atoms with Crippen LogP contribution in [0.5, 0.6) is 5.75 Å². The van der Waals surface area contributed by atoms with Gasteiger partial charge in [0.15, 0.2) is 0 Å². The van der Waals surface area contributed by atoms with E-state index in [0.29, 0.717) is 22.7 Å². The van der Waals surface area contributed by atoms with Crippen molar-refractivity contribution in [2.24, 2.45) is 0 Å². The summed E-state index contributed by atoms with van der Waals surface area (Å²) in [6.07, 6.45) is -2.83. The van der Waals surface area contributed by atoms with Crippen LogP contribution in [-0.4, -0.2) is 10.1 Å². The molecule has 0 bridgehead atoms. The lowest BCUT2D eigenvalue weighted by Crippen LogP contribution is -2.11. The normalized spacial score (nSPS) is 12.8. The van der Waals surface area contributed by atoms with Gasteiger partial charge in [-0.05, 0) is 35.2 Å². The van der Waals surface area contributed by atoms with E-state index in [0.717, 1.165) is 17.5 Å². The Hall–Kier alpha value is -3.41. The van der Waals surface area contributed by atoms with Crippen LogP contribution in [0.4, 0.5) is 17.6 Å². The molecule has 0 saturated carbocycles. The first-order chi connectivity index (χ1) is 14.3. The molecule has 0 aliphatic rings. The fraction of sp³-hybridized carbons (Fsp3) is 0.125. The van der Waals surface area contributed by atoms with Crippen LogP contribution in [0.1, 0.15) is 28.3 Å². The molecule has 1 atom stereocenters. The van der Waals surface area contributed by atoms with Crippen molar-refractivity contribution in [2.75, 3.05) is 0 Å². The molecule has 0 aliphatic heterocycles. The molecular formula is C24H17F4NO. The van der Waals surface area contributed by atoms with Gasteiger partial charge in [0.2, 0.25) is 0 Å². The van der Waals surface area contributed by atoms with Gasteiger partial charge in [-0.1, -0.05) is 48.5 Å². The second-order valence-electron chi connectivity index (χ2n) is 7.04. The summed E-state index contributed by atoms with van der Waals surface area (Å²) in [5.41, 5.74) is 0.0784. The summed E-state index contributed by atoms with van der Waals surface area (Å²) in [6.45, 7) is 0. The van der Waals surface area contributed by atoms with Crippen molar-refractivity contribution in [3.8, 4) is 5.75 Å². The number of aromatic hydroxyl groups is 1. The lowest BCUT2D eigenvalue weighted by molar-refractivity contribution is -0.137. The van der Waals surface area contributed by atoms with Crippen LogP contribution in [0.15, 0.2) is 79.0 Å². The number of fused-ring (bicyclic) bond motifs is 1. The van der Waals surface area contributed by atoms with Gasteiger partial charge in [-0.3, -0.25) is 4.98 Å².